The fraction of sp³-hybridized carbons (Fsp3) is 1.00. The molecule has 2 saturated heterocycles. The number of alkyl halides is 3. The number of rotatable bonds is 3. The summed E-state index contributed by atoms with van der Waals surface area (Å²) in [4.78, 5) is 3.48. The first-order valence-corrected chi connectivity index (χ1v) is 8.93. The van der Waals surface area contributed by atoms with Crippen LogP contribution < -0.4 is 5.73 Å². The van der Waals surface area contributed by atoms with Gasteiger partial charge in [0.25, 0.3) is 0 Å². The molecule has 0 radical (unpaired) electrons. The molecule has 2 rings (SSSR count). The van der Waals surface area contributed by atoms with Crippen LogP contribution in [-0.4, -0.2) is 80.7 Å². The van der Waals surface area contributed by atoms with Gasteiger partial charge in [-0.3, -0.25) is 9.80 Å². The summed E-state index contributed by atoms with van der Waals surface area (Å²) in [5.41, 5.74) is 5.50. The normalized spacial score (nSPS) is 27.6. The summed E-state index contributed by atoms with van der Waals surface area (Å²) >= 11 is 0. The Morgan fingerprint density at radius 1 is 1.05 bits per heavy atom. The molecule has 0 aromatic heterocycles. The van der Waals surface area contributed by atoms with Gasteiger partial charge in [-0.05, 0) is 12.8 Å². The Kier molecular flexibility index (Phi) is 4.87. The third kappa shape index (κ3) is 4.30. The third-order valence-corrected chi connectivity index (χ3v) is 6.24. The van der Waals surface area contributed by atoms with Crippen molar-refractivity contribution in [2.24, 2.45) is 5.73 Å². The van der Waals surface area contributed by atoms with Gasteiger partial charge in [0.2, 0.25) is 0 Å². The summed E-state index contributed by atoms with van der Waals surface area (Å²) in [5, 5.41) is 0. The number of nitrogens with zero attached hydrogens (tertiary/aromatic N) is 2. The van der Waals surface area contributed by atoms with E-state index in [1.807, 2.05) is 0 Å². The Morgan fingerprint density at radius 2 is 1.57 bits per heavy atom. The van der Waals surface area contributed by atoms with E-state index < -0.39 is 22.6 Å². The summed E-state index contributed by atoms with van der Waals surface area (Å²) in [7, 11) is -2.98. The number of hydrogen-bond acceptors (Lipinski definition) is 5. The summed E-state index contributed by atoms with van der Waals surface area (Å²) < 4.78 is 60.2. The second-order valence-electron chi connectivity index (χ2n) is 5.96. The van der Waals surface area contributed by atoms with Crippen LogP contribution in [0, 0.1) is 0 Å². The lowest BCUT2D eigenvalue weighted by Gasteiger charge is -2.49. The minimum atomic E-state index is -4.17. The molecule has 0 atom stereocenters. The van der Waals surface area contributed by atoms with Gasteiger partial charge in [-0.2, -0.15) is 13.2 Å². The van der Waals surface area contributed by atoms with Crippen molar-refractivity contribution in [3.63, 3.8) is 0 Å². The molecule has 0 spiro atoms. The zero-order valence-corrected chi connectivity index (χ0v) is 12.7. The van der Waals surface area contributed by atoms with Crippen molar-refractivity contribution in [3.8, 4) is 0 Å². The zero-order valence-electron chi connectivity index (χ0n) is 11.9. The number of nitrogens with two attached hydrogens (primary N) is 1. The molecule has 5 nitrogen and oxygen atoms in total. The van der Waals surface area contributed by atoms with Crippen molar-refractivity contribution in [1.82, 2.24) is 9.80 Å². The van der Waals surface area contributed by atoms with Gasteiger partial charge in [0.05, 0.1) is 18.1 Å². The quantitative estimate of drug-likeness (QED) is 0.794. The van der Waals surface area contributed by atoms with Gasteiger partial charge in [-0.15, -0.1) is 0 Å². The minimum absolute atomic E-state index is 0.118. The molecule has 2 aliphatic heterocycles. The molecule has 0 aromatic carbocycles. The van der Waals surface area contributed by atoms with Crippen LogP contribution in [0.2, 0.25) is 0 Å². The van der Waals surface area contributed by atoms with Crippen LogP contribution in [0.1, 0.15) is 12.8 Å². The first kappa shape index (κ1) is 17.0. The molecular formula is C12H22F3N3O2S. The van der Waals surface area contributed by atoms with Crippen LogP contribution in [0.15, 0.2) is 0 Å². The molecule has 0 bridgehead atoms. The molecule has 9 heteroatoms. The highest BCUT2D eigenvalue weighted by atomic mass is 32.2. The second-order valence-corrected chi connectivity index (χ2v) is 8.26. The van der Waals surface area contributed by atoms with Crippen LogP contribution in [0.5, 0.6) is 0 Å². The monoisotopic (exact) mass is 329 g/mol. The lowest BCUT2D eigenvalue weighted by molar-refractivity contribution is -0.151. The molecule has 2 fully saturated rings. The summed E-state index contributed by atoms with van der Waals surface area (Å²) in [5.74, 6) is 0.236. The molecular weight excluding hydrogens is 307 g/mol. The van der Waals surface area contributed by atoms with Crippen molar-refractivity contribution in [1.29, 1.82) is 0 Å². The Hall–Kier alpha value is -0.380. The van der Waals surface area contributed by atoms with Gasteiger partial charge in [-0.1, -0.05) is 0 Å². The molecule has 2 N–H and O–H groups in total. The van der Waals surface area contributed by atoms with Gasteiger partial charge in [0.15, 0.2) is 0 Å². The van der Waals surface area contributed by atoms with Crippen LogP contribution in [-0.2, 0) is 9.84 Å². The van der Waals surface area contributed by atoms with Gasteiger partial charge >= 0.3 is 6.18 Å². The SMILES string of the molecule is NCC1(N2CCN(CC(F)(F)F)CC2)CCS(=O)(=O)CC1. The van der Waals surface area contributed by atoms with E-state index in [2.05, 4.69) is 4.90 Å². The van der Waals surface area contributed by atoms with Crippen LogP contribution >= 0.6 is 0 Å². The van der Waals surface area contributed by atoms with E-state index in [1.165, 1.54) is 4.90 Å². The summed E-state index contributed by atoms with van der Waals surface area (Å²) in [6, 6.07) is 0. The minimum Gasteiger partial charge on any atom is -0.329 e. The molecule has 2 aliphatic rings. The molecule has 21 heavy (non-hydrogen) atoms. The lowest BCUT2D eigenvalue weighted by Crippen LogP contribution is -2.63. The Labute approximate surface area is 123 Å². The van der Waals surface area contributed by atoms with Crippen LogP contribution in [0.4, 0.5) is 13.2 Å². The van der Waals surface area contributed by atoms with Crippen molar-refractivity contribution < 1.29 is 21.6 Å². The highest BCUT2D eigenvalue weighted by molar-refractivity contribution is 7.91. The van der Waals surface area contributed by atoms with E-state index >= 15 is 0 Å². The lowest BCUT2D eigenvalue weighted by atomic mass is 9.89. The maximum Gasteiger partial charge on any atom is 0.401 e. The average Bonchev–Trinajstić information content (AvgIpc) is 2.39. The van der Waals surface area contributed by atoms with Gasteiger partial charge in [0.1, 0.15) is 9.84 Å². The maximum absolute atomic E-state index is 12.4. The smallest absolute Gasteiger partial charge is 0.329 e. The molecule has 0 unspecified atom stereocenters. The Morgan fingerprint density at radius 3 is 2.00 bits per heavy atom. The topological polar surface area (TPSA) is 66.6 Å². The van der Waals surface area contributed by atoms with E-state index in [0.717, 1.165) is 0 Å². The second kappa shape index (κ2) is 6.02. The number of halogens is 3. The highest BCUT2D eigenvalue weighted by Gasteiger charge is 2.42. The first-order chi connectivity index (χ1) is 9.66. The molecule has 0 aromatic rings. The standard InChI is InChI=1S/C12H22F3N3O2S/c13-12(14,15)10-17-3-5-18(6-4-17)11(9-16)1-7-21(19,20)8-2-11/h1-10,16H2. The predicted octanol–water partition coefficient (Wildman–Crippen LogP) is 0.0724. The molecule has 2 heterocycles. The molecule has 0 amide bonds. The summed E-state index contributed by atoms with van der Waals surface area (Å²) in [6.45, 7) is 1.16. The molecule has 0 saturated carbocycles. The van der Waals surface area contributed by atoms with Crippen molar-refractivity contribution in [2.45, 2.75) is 24.6 Å². The van der Waals surface area contributed by atoms with Crippen molar-refractivity contribution >= 4 is 9.84 Å². The van der Waals surface area contributed by atoms with Crippen LogP contribution in [0.25, 0.3) is 0 Å². The fourth-order valence-electron chi connectivity index (χ4n) is 3.20. The zero-order chi connectivity index (χ0) is 15.7. The molecule has 0 aliphatic carbocycles. The van der Waals surface area contributed by atoms with E-state index in [1.54, 1.807) is 0 Å². The Balaban J connectivity index is 1.94. The fourth-order valence-corrected chi connectivity index (χ4v) is 4.79. The van der Waals surface area contributed by atoms with Crippen LogP contribution in [0.3, 0.4) is 0 Å². The van der Waals surface area contributed by atoms with E-state index in [9.17, 15) is 21.6 Å². The van der Waals surface area contributed by atoms with E-state index in [4.69, 9.17) is 5.73 Å². The average molecular weight is 329 g/mol. The highest BCUT2D eigenvalue weighted by Crippen LogP contribution is 2.30. The first-order valence-electron chi connectivity index (χ1n) is 7.10. The molecule has 124 valence electrons. The maximum atomic E-state index is 12.4. The largest absolute Gasteiger partial charge is 0.401 e. The van der Waals surface area contributed by atoms with Gasteiger partial charge in [-0.25, -0.2) is 8.42 Å². The number of piperazine rings is 1. The van der Waals surface area contributed by atoms with Gasteiger partial charge < -0.3 is 5.73 Å². The van der Waals surface area contributed by atoms with E-state index in [0.29, 0.717) is 45.6 Å². The van der Waals surface area contributed by atoms with Crippen molar-refractivity contribution in [3.05, 3.63) is 0 Å². The number of hydrogen-bond donors (Lipinski definition) is 1. The van der Waals surface area contributed by atoms with Crippen molar-refractivity contribution in [2.75, 3.05) is 50.8 Å². The summed E-state index contributed by atoms with van der Waals surface area (Å²) in [6.07, 6.45) is -3.22. The van der Waals surface area contributed by atoms with Gasteiger partial charge in [0, 0.05) is 38.3 Å². The third-order valence-electron chi connectivity index (χ3n) is 4.58. The Bertz CT molecular complexity index is 445. The predicted molar refractivity (Wildman–Crippen MR) is 73.7 cm³/mol. The van der Waals surface area contributed by atoms with E-state index in [-0.39, 0.29) is 17.0 Å². The number of sulfone groups is 1.